The zero-order valence-corrected chi connectivity index (χ0v) is 15.4. The van der Waals surface area contributed by atoms with Crippen molar-refractivity contribution in [2.45, 2.75) is 26.0 Å². The second-order valence-electron chi connectivity index (χ2n) is 6.52. The Hall–Kier alpha value is -3.49. The lowest BCUT2D eigenvalue weighted by atomic mass is 10.0. The number of para-hydroxylation sites is 2. The van der Waals surface area contributed by atoms with Crippen LogP contribution in [0.4, 0.5) is 0 Å². The SMILES string of the molecule is CC(C)[C@H](NC(=O)c1ccco1)C(=O)NNC(=O)[C@@H]1COc2ccccc2O1. The maximum atomic E-state index is 12.4. The highest BCUT2D eigenvalue weighted by Gasteiger charge is 2.30. The third kappa shape index (κ3) is 4.43. The zero-order valence-electron chi connectivity index (χ0n) is 15.4. The van der Waals surface area contributed by atoms with Crippen LogP contribution in [0.2, 0.25) is 0 Å². The van der Waals surface area contributed by atoms with Crippen LogP contribution >= 0.6 is 0 Å². The minimum Gasteiger partial charge on any atom is -0.485 e. The number of ether oxygens (including phenoxy) is 2. The van der Waals surface area contributed by atoms with Crippen molar-refractivity contribution in [3.63, 3.8) is 0 Å². The first-order chi connectivity index (χ1) is 13.5. The maximum Gasteiger partial charge on any atom is 0.287 e. The van der Waals surface area contributed by atoms with Crippen LogP contribution in [0.25, 0.3) is 0 Å². The van der Waals surface area contributed by atoms with Gasteiger partial charge in [0.15, 0.2) is 17.3 Å². The Labute approximate surface area is 161 Å². The summed E-state index contributed by atoms with van der Waals surface area (Å²) in [4.78, 5) is 36.8. The molecule has 2 aromatic rings. The van der Waals surface area contributed by atoms with Crippen molar-refractivity contribution in [3.05, 3.63) is 48.4 Å². The topological polar surface area (TPSA) is 119 Å². The van der Waals surface area contributed by atoms with Gasteiger partial charge in [-0.15, -0.1) is 0 Å². The number of nitrogens with one attached hydrogen (secondary N) is 3. The summed E-state index contributed by atoms with van der Waals surface area (Å²) in [5.41, 5.74) is 4.62. The Morgan fingerprint density at radius 3 is 2.46 bits per heavy atom. The van der Waals surface area contributed by atoms with Gasteiger partial charge in [0.2, 0.25) is 6.10 Å². The van der Waals surface area contributed by atoms with Gasteiger partial charge in [-0.25, -0.2) is 0 Å². The summed E-state index contributed by atoms with van der Waals surface area (Å²) in [5, 5.41) is 2.58. The summed E-state index contributed by atoms with van der Waals surface area (Å²) < 4.78 is 16.1. The van der Waals surface area contributed by atoms with E-state index >= 15 is 0 Å². The van der Waals surface area contributed by atoms with Gasteiger partial charge in [0.1, 0.15) is 12.6 Å². The van der Waals surface area contributed by atoms with Crippen LogP contribution in [0.1, 0.15) is 24.4 Å². The Bertz CT molecular complexity index is 849. The van der Waals surface area contributed by atoms with Gasteiger partial charge >= 0.3 is 0 Å². The number of fused-ring (bicyclic) bond motifs is 1. The fourth-order valence-corrected chi connectivity index (χ4v) is 2.59. The van der Waals surface area contributed by atoms with Crippen LogP contribution in [-0.2, 0) is 9.59 Å². The van der Waals surface area contributed by atoms with Crippen LogP contribution in [0, 0.1) is 5.92 Å². The van der Waals surface area contributed by atoms with Crippen molar-refractivity contribution >= 4 is 17.7 Å². The van der Waals surface area contributed by atoms with E-state index in [0.29, 0.717) is 11.5 Å². The first-order valence-electron chi connectivity index (χ1n) is 8.78. The monoisotopic (exact) mass is 387 g/mol. The summed E-state index contributed by atoms with van der Waals surface area (Å²) >= 11 is 0. The van der Waals surface area contributed by atoms with E-state index in [9.17, 15) is 14.4 Å². The number of hydrogen-bond acceptors (Lipinski definition) is 6. The molecule has 3 amide bonds. The van der Waals surface area contributed by atoms with Gasteiger partial charge in [0, 0.05) is 0 Å². The second-order valence-corrected chi connectivity index (χ2v) is 6.52. The zero-order chi connectivity index (χ0) is 20.1. The van der Waals surface area contributed by atoms with Crippen molar-refractivity contribution < 1.29 is 28.3 Å². The van der Waals surface area contributed by atoms with Gasteiger partial charge in [-0.3, -0.25) is 25.2 Å². The predicted molar refractivity (Wildman–Crippen MR) is 97.4 cm³/mol. The first-order valence-corrected chi connectivity index (χ1v) is 8.78. The summed E-state index contributed by atoms with van der Waals surface area (Å²) in [6.45, 7) is 3.55. The van der Waals surface area contributed by atoms with Crippen LogP contribution in [0.5, 0.6) is 11.5 Å². The van der Waals surface area contributed by atoms with E-state index in [1.165, 1.54) is 12.3 Å². The molecule has 1 aromatic heterocycles. The number of furan rings is 1. The number of hydrogen-bond donors (Lipinski definition) is 3. The molecule has 0 radical (unpaired) electrons. The van der Waals surface area contributed by atoms with Crippen LogP contribution in [0.15, 0.2) is 47.1 Å². The van der Waals surface area contributed by atoms with E-state index in [-0.39, 0.29) is 18.3 Å². The number of carbonyl (C=O) groups is 3. The molecule has 0 aliphatic carbocycles. The van der Waals surface area contributed by atoms with Gasteiger partial charge < -0.3 is 19.2 Å². The predicted octanol–water partition coefficient (Wildman–Crippen LogP) is 1.02. The molecular weight excluding hydrogens is 366 g/mol. The van der Waals surface area contributed by atoms with E-state index in [1.54, 1.807) is 44.2 Å². The molecule has 0 saturated heterocycles. The molecule has 1 aromatic carbocycles. The average molecular weight is 387 g/mol. The Balaban J connectivity index is 1.54. The van der Waals surface area contributed by atoms with Crippen molar-refractivity contribution in [1.29, 1.82) is 0 Å². The highest BCUT2D eigenvalue weighted by molar-refractivity contribution is 5.96. The Kier molecular flexibility index (Phi) is 5.83. The molecule has 3 rings (SSSR count). The standard InChI is InChI=1S/C19H21N3O6/c1-11(2)16(20-17(23)14-8-5-9-26-14)19(25)22-21-18(24)15-10-27-12-6-3-4-7-13(12)28-15/h3-9,11,15-16H,10H2,1-2H3,(H,20,23)(H,21,24)(H,22,25)/t15-,16-/m0/s1. The van der Waals surface area contributed by atoms with Gasteiger partial charge in [-0.1, -0.05) is 26.0 Å². The molecule has 0 fully saturated rings. The number of hydrazine groups is 1. The third-order valence-corrected chi connectivity index (χ3v) is 4.09. The number of rotatable bonds is 5. The van der Waals surface area contributed by atoms with E-state index in [4.69, 9.17) is 13.9 Å². The van der Waals surface area contributed by atoms with Crippen LogP contribution in [0.3, 0.4) is 0 Å². The normalized spacial score (nSPS) is 16.2. The Morgan fingerprint density at radius 1 is 1.04 bits per heavy atom. The lowest BCUT2D eigenvalue weighted by Crippen LogP contribution is -2.57. The second kappa shape index (κ2) is 8.47. The van der Waals surface area contributed by atoms with Crippen molar-refractivity contribution in [3.8, 4) is 11.5 Å². The third-order valence-electron chi connectivity index (χ3n) is 4.09. The molecule has 2 atom stereocenters. The lowest BCUT2D eigenvalue weighted by molar-refractivity contribution is -0.135. The molecule has 0 bridgehead atoms. The highest BCUT2D eigenvalue weighted by atomic mass is 16.6. The van der Waals surface area contributed by atoms with E-state index in [2.05, 4.69) is 16.2 Å². The average Bonchev–Trinajstić information content (AvgIpc) is 3.24. The molecule has 9 nitrogen and oxygen atoms in total. The largest absolute Gasteiger partial charge is 0.485 e. The van der Waals surface area contributed by atoms with Gasteiger partial charge in [0.25, 0.3) is 17.7 Å². The fourth-order valence-electron chi connectivity index (χ4n) is 2.59. The van der Waals surface area contributed by atoms with E-state index in [1.807, 2.05) is 0 Å². The summed E-state index contributed by atoms with van der Waals surface area (Å²) in [5.74, 6) is -0.790. The molecule has 148 valence electrons. The maximum absolute atomic E-state index is 12.4. The first kappa shape index (κ1) is 19.3. The molecule has 1 aliphatic heterocycles. The molecule has 0 unspecified atom stereocenters. The minimum absolute atomic E-state index is 0.0154. The van der Waals surface area contributed by atoms with Crippen LogP contribution in [-0.4, -0.2) is 36.5 Å². The number of amides is 3. The quantitative estimate of drug-likeness (QED) is 0.659. The van der Waals surface area contributed by atoms with Crippen molar-refractivity contribution in [2.24, 2.45) is 5.92 Å². The molecule has 28 heavy (non-hydrogen) atoms. The van der Waals surface area contributed by atoms with Crippen molar-refractivity contribution in [2.75, 3.05) is 6.61 Å². The van der Waals surface area contributed by atoms with E-state index < -0.39 is 29.9 Å². The number of benzene rings is 1. The summed E-state index contributed by atoms with van der Waals surface area (Å²) in [7, 11) is 0. The molecule has 9 heteroatoms. The smallest absolute Gasteiger partial charge is 0.287 e. The van der Waals surface area contributed by atoms with E-state index in [0.717, 1.165) is 0 Å². The molecule has 2 heterocycles. The minimum atomic E-state index is -0.912. The number of carbonyl (C=O) groups excluding carboxylic acids is 3. The van der Waals surface area contributed by atoms with Gasteiger partial charge in [-0.2, -0.15) is 0 Å². The van der Waals surface area contributed by atoms with Gasteiger partial charge in [0.05, 0.1) is 6.26 Å². The van der Waals surface area contributed by atoms with Crippen LogP contribution < -0.4 is 25.6 Å². The van der Waals surface area contributed by atoms with Crippen molar-refractivity contribution in [1.82, 2.24) is 16.2 Å². The molecular formula is C19H21N3O6. The Morgan fingerprint density at radius 2 is 1.79 bits per heavy atom. The summed E-state index contributed by atoms with van der Waals surface area (Å²) in [6, 6.07) is 9.17. The molecule has 3 N–H and O–H groups in total. The molecule has 1 aliphatic rings. The lowest BCUT2D eigenvalue weighted by Gasteiger charge is -2.26. The van der Waals surface area contributed by atoms with Gasteiger partial charge in [-0.05, 0) is 30.2 Å². The summed E-state index contributed by atoms with van der Waals surface area (Å²) in [6.07, 6.45) is 0.453. The fraction of sp³-hybridized carbons (Fsp3) is 0.316. The molecule has 0 saturated carbocycles. The molecule has 0 spiro atoms. The highest BCUT2D eigenvalue weighted by Crippen LogP contribution is 2.30.